The molecule has 0 amide bonds. The molecule has 0 bridgehead atoms. The van der Waals surface area contributed by atoms with Crippen LogP contribution in [0, 0.1) is 0 Å². The molecule has 0 heterocycles. The third kappa shape index (κ3) is 2.87. The number of benzene rings is 1. The highest BCUT2D eigenvalue weighted by atomic mass is 15.2. The van der Waals surface area contributed by atoms with Gasteiger partial charge in [0.2, 0.25) is 0 Å². The van der Waals surface area contributed by atoms with Crippen molar-refractivity contribution in [2.75, 3.05) is 14.1 Å². The van der Waals surface area contributed by atoms with Gasteiger partial charge >= 0.3 is 0 Å². The molecule has 0 fully saturated rings. The van der Waals surface area contributed by atoms with E-state index in [0.717, 1.165) is 5.56 Å². The Morgan fingerprint density at radius 3 is 2.36 bits per heavy atom. The summed E-state index contributed by atoms with van der Waals surface area (Å²) in [6.45, 7) is 0. The molecule has 76 valence electrons. The molecule has 14 heavy (non-hydrogen) atoms. The fraction of sp³-hybridized carbons (Fsp3) is 0.273. The normalized spacial score (nSPS) is 14.4. The van der Waals surface area contributed by atoms with E-state index in [1.54, 1.807) is 0 Å². The molecule has 0 aliphatic rings. The summed E-state index contributed by atoms with van der Waals surface area (Å²) in [5.41, 5.74) is 13.4. The number of rotatable bonds is 3. The summed E-state index contributed by atoms with van der Waals surface area (Å²) in [7, 11) is 3.80. The number of likely N-dealkylation sites (N-methyl/N-ethyl adjacent to an activating group) is 1. The van der Waals surface area contributed by atoms with Crippen LogP contribution < -0.4 is 11.5 Å². The van der Waals surface area contributed by atoms with Crippen molar-refractivity contribution in [1.82, 2.24) is 4.90 Å². The molecule has 1 atom stereocenters. The third-order valence-corrected chi connectivity index (χ3v) is 2.03. The van der Waals surface area contributed by atoms with Crippen LogP contribution in [0.1, 0.15) is 5.56 Å². The van der Waals surface area contributed by atoms with Crippen LogP contribution in [0.2, 0.25) is 0 Å². The first-order chi connectivity index (χ1) is 6.61. The topological polar surface area (TPSA) is 55.3 Å². The molecule has 0 aromatic heterocycles. The molecule has 3 heteroatoms. The van der Waals surface area contributed by atoms with E-state index in [1.807, 2.05) is 55.4 Å². The Morgan fingerprint density at radius 2 is 1.86 bits per heavy atom. The molecule has 0 saturated heterocycles. The summed E-state index contributed by atoms with van der Waals surface area (Å²) in [6, 6.07) is 9.91. The van der Waals surface area contributed by atoms with Crippen LogP contribution in [0.3, 0.4) is 0 Å². The second-order valence-corrected chi connectivity index (χ2v) is 3.46. The highest BCUT2D eigenvalue weighted by Gasteiger charge is 2.06. The standard InChI is InChI=1S/C11H17N3/c1-14(2)11(13)10(12)8-9-6-4-3-5-7-9/h3-8,11H,12-13H2,1-2H3. The fourth-order valence-electron chi connectivity index (χ4n) is 1.13. The Bertz CT molecular complexity index is 304. The van der Waals surface area contributed by atoms with Gasteiger partial charge in [0.1, 0.15) is 0 Å². The Balaban J connectivity index is 2.79. The van der Waals surface area contributed by atoms with Crippen LogP contribution in [-0.2, 0) is 0 Å². The molecular weight excluding hydrogens is 174 g/mol. The summed E-state index contributed by atoms with van der Waals surface area (Å²) in [6.07, 6.45) is 1.67. The molecule has 0 saturated carbocycles. The number of nitrogens with two attached hydrogens (primary N) is 2. The first kappa shape index (κ1) is 10.8. The lowest BCUT2D eigenvalue weighted by molar-refractivity contribution is 0.337. The van der Waals surface area contributed by atoms with Crippen LogP contribution >= 0.6 is 0 Å². The van der Waals surface area contributed by atoms with Gasteiger partial charge < -0.3 is 11.5 Å². The van der Waals surface area contributed by atoms with Crippen molar-refractivity contribution in [2.24, 2.45) is 11.5 Å². The minimum Gasteiger partial charge on any atom is -0.400 e. The molecule has 0 spiro atoms. The molecule has 1 unspecified atom stereocenters. The molecule has 0 aliphatic carbocycles. The first-order valence-corrected chi connectivity index (χ1v) is 4.55. The zero-order valence-corrected chi connectivity index (χ0v) is 8.64. The van der Waals surface area contributed by atoms with Crippen LogP contribution in [0.25, 0.3) is 6.08 Å². The molecule has 0 aliphatic heterocycles. The van der Waals surface area contributed by atoms with Gasteiger partial charge in [0.15, 0.2) is 0 Å². The van der Waals surface area contributed by atoms with Crippen LogP contribution in [0.5, 0.6) is 0 Å². The van der Waals surface area contributed by atoms with E-state index in [0.29, 0.717) is 5.70 Å². The van der Waals surface area contributed by atoms with E-state index in [-0.39, 0.29) is 6.17 Å². The van der Waals surface area contributed by atoms with Gasteiger partial charge in [-0.3, -0.25) is 4.90 Å². The van der Waals surface area contributed by atoms with Crippen molar-refractivity contribution in [1.29, 1.82) is 0 Å². The maximum absolute atomic E-state index is 5.84. The van der Waals surface area contributed by atoms with Crippen molar-refractivity contribution in [3.63, 3.8) is 0 Å². The van der Waals surface area contributed by atoms with Gasteiger partial charge in [0.05, 0.1) is 6.17 Å². The van der Waals surface area contributed by atoms with Gasteiger partial charge in [-0.25, -0.2) is 0 Å². The largest absolute Gasteiger partial charge is 0.400 e. The Morgan fingerprint density at radius 1 is 1.29 bits per heavy atom. The van der Waals surface area contributed by atoms with Crippen molar-refractivity contribution >= 4 is 6.08 Å². The highest BCUT2D eigenvalue weighted by molar-refractivity contribution is 5.52. The molecule has 3 nitrogen and oxygen atoms in total. The molecule has 1 aromatic rings. The Kier molecular flexibility index (Phi) is 3.68. The van der Waals surface area contributed by atoms with E-state index in [1.165, 1.54) is 0 Å². The van der Waals surface area contributed by atoms with E-state index in [9.17, 15) is 0 Å². The zero-order chi connectivity index (χ0) is 10.6. The smallest absolute Gasteiger partial charge is 0.0977 e. The highest BCUT2D eigenvalue weighted by Crippen LogP contribution is 2.05. The van der Waals surface area contributed by atoms with E-state index >= 15 is 0 Å². The van der Waals surface area contributed by atoms with Crippen molar-refractivity contribution in [3.8, 4) is 0 Å². The number of hydrogen-bond donors (Lipinski definition) is 2. The lowest BCUT2D eigenvalue weighted by Crippen LogP contribution is -2.40. The Labute approximate surface area is 85.0 Å². The Hall–Kier alpha value is -1.32. The maximum Gasteiger partial charge on any atom is 0.0977 e. The van der Waals surface area contributed by atoms with Crippen molar-refractivity contribution in [2.45, 2.75) is 6.17 Å². The van der Waals surface area contributed by atoms with Crippen molar-refractivity contribution < 1.29 is 0 Å². The lowest BCUT2D eigenvalue weighted by atomic mass is 10.2. The second-order valence-electron chi connectivity index (χ2n) is 3.46. The molecule has 0 radical (unpaired) electrons. The van der Waals surface area contributed by atoms with Crippen LogP contribution in [0.4, 0.5) is 0 Å². The quantitative estimate of drug-likeness (QED) is 0.696. The van der Waals surface area contributed by atoms with Gasteiger partial charge in [0, 0.05) is 5.70 Å². The predicted molar refractivity (Wildman–Crippen MR) is 60.3 cm³/mol. The summed E-state index contributed by atoms with van der Waals surface area (Å²) < 4.78 is 0. The zero-order valence-electron chi connectivity index (χ0n) is 8.64. The number of nitrogens with zero attached hydrogens (tertiary/aromatic N) is 1. The van der Waals surface area contributed by atoms with E-state index in [2.05, 4.69) is 0 Å². The molecular formula is C11H17N3. The summed E-state index contributed by atoms with van der Waals surface area (Å²) in [5.74, 6) is 0. The van der Waals surface area contributed by atoms with Gasteiger partial charge in [-0.1, -0.05) is 30.3 Å². The number of hydrogen-bond acceptors (Lipinski definition) is 3. The molecule has 4 N–H and O–H groups in total. The molecule has 1 rings (SSSR count). The van der Waals surface area contributed by atoms with Crippen LogP contribution in [0.15, 0.2) is 36.0 Å². The van der Waals surface area contributed by atoms with Gasteiger partial charge in [0.25, 0.3) is 0 Å². The average Bonchev–Trinajstić information content (AvgIpc) is 2.18. The summed E-state index contributed by atoms with van der Waals surface area (Å²) in [4.78, 5) is 1.87. The third-order valence-electron chi connectivity index (χ3n) is 2.03. The van der Waals surface area contributed by atoms with Crippen molar-refractivity contribution in [3.05, 3.63) is 41.6 Å². The monoisotopic (exact) mass is 191 g/mol. The lowest BCUT2D eigenvalue weighted by Gasteiger charge is -2.19. The van der Waals surface area contributed by atoms with Gasteiger partial charge in [-0.15, -0.1) is 0 Å². The molecule has 1 aromatic carbocycles. The second kappa shape index (κ2) is 4.79. The fourth-order valence-corrected chi connectivity index (χ4v) is 1.13. The van der Waals surface area contributed by atoms with Gasteiger partial charge in [-0.2, -0.15) is 0 Å². The average molecular weight is 191 g/mol. The minimum absolute atomic E-state index is 0.227. The van der Waals surface area contributed by atoms with E-state index in [4.69, 9.17) is 11.5 Å². The summed E-state index contributed by atoms with van der Waals surface area (Å²) in [5, 5.41) is 0. The predicted octanol–water partition coefficient (Wildman–Crippen LogP) is 0.833. The van der Waals surface area contributed by atoms with Crippen LogP contribution in [-0.4, -0.2) is 25.2 Å². The minimum atomic E-state index is -0.227. The maximum atomic E-state index is 5.84. The summed E-state index contributed by atoms with van der Waals surface area (Å²) >= 11 is 0. The van der Waals surface area contributed by atoms with Gasteiger partial charge in [-0.05, 0) is 25.7 Å². The first-order valence-electron chi connectivity index (χ1n) is 4.55. The SMILES string of the molecule is CN(C)C(N)C(N)=Cc1ccccc1. The van der Waals surface area contributed by atoms with E-state index < -0.39 is 0 Å².